The molecule has 4 rings (SSSR count). The smallest absolute Gasteiger partial charge is 0.269 e. The molecule has 0 radical (unpaired) electrons. The molecular weight excluding hydrogens is 290 g/mol. The SMILES string of the molecule is O=[N+]([O-])c1ccc(Nc2nc(C3CC3)cc3ccccc23)cc1. The van der Waals surface area contributed by atoms with Crippen LogP contribution in [-0.4, -0.2) is 9.91 Å². The Kier molecular flexibility index (Phi) is 3.19. The minimum absolute atomic E-state index is 0.0834. The van der Waals surface area contributed by atoms with Gasteiger partial charge < -0.3 is 5.32 Å². The first kappa shape index (κ1) is 13.7. The average molecular weight is 305 g/mol. The molecule has 0 atom stereocenters. The molecule has 1 N–H and O–H groups in total. The predicted octanol–water partition coefficient (Wildman–Crippen LogP) is 4.76. The van der Waals surface area contributed by atoms with Gasteiger partial charge in [-0.1, -0.05) is 24.3 Å². The number of nitro benzene ring substituents is 1. The van der Waals surface area contributed by atoms with Crippen LogP contribution in [0.1, 0.15) is 24.5 Å². The van der Waals surface area contributed by atoms with Gasteiger partial charge in [-0.25, -0.2) is 4.98 Å². The third-order valence-corrected chi connectivity index (χ3v) is 4.10. The molecule has 1 heterocycles. The van der Waals surface area contributed by atoms with Gasteiger partial charge in [0, 0.05) is 34.8 Å². The van der Waals surface area contributed by atoms with Gasteiger partial charge in [-0.05, 0) is 36.4 Å². The first-order chi connectivity index (χ1) is 11.2. The van der Waals surface area contributed by atoms with Crippen molar-refractivity contribution in [3.05, 3.63) is 70.4 Å². The highest BCUT2D eigenvalue weighted by atomic mass is 16.6. The maximum Gasteiger partial charge on any atom is 0.269 e. The molecule has 1 aliphatic carbocycles. The summed E-state index contributed by atoms with van der Waals surface area (Å²) in [4.78, 5) is 15.1. The maximum atomic E-state index is 10.7. The predicted molar refractivity (Wildman–Crippen MR) is 90.1 cm³/mol. The van der Waals surface area contributed by atoms with Gasteiger partial charge >= 0.3 is 0 Å². The molecule has 0 unspecified atom stereocenters. The fourth-order valence-corrected chi connectivity index (χ4v) is 2.71. The Balaban J connectivity index is 1.73. The van der Waals surface area contributed by atoms with Crippen molar-refractivity contribution in [2.75, 3.05) is 5.32 Å². The van der Waals surface area contributed by atoms with Gasteiger partial charge in [-0.2, -0.15) is 0 Å². The maximum absolute atomic E-state index is 10.7. The normalized spacial score (nSPS) is 13.9. The monoisotopic (exact) mass is 305 g/mol. The second kappa shape index (κ2) is 5.35. The van der Waals surface area contributed by atoms with E-state index in [0.29, 0.717) is 5.92 Å². The number of pyridine rings is 1. The van der Waals surface area contributed by atoms with E-state index in [-0.39, 0.29) is 5.69 Å². The molecule has 0 bridgehead atoms. The van der Waals surface area contributed by atoms with Crippen molar-refractivity contribution in [3.63, 3.8) is 0 Å². The zero-order valence-corrected chi connectivity index (χ0v) is 12.4. The average Bonchev–Trinajstić information content (AvgIpc) is 3.40. The van der Waals surface area contributed by atoms with Crippen molar-refractivity contribution >= 4 is 28.0 Å². The highest BCUT2D eigenvalue weighted by Crippen LogP contribution is 2.41. The van der Waals surface area contributed by atoms with Gasteiger partial charge in [-0.15, -0.1) is 0 Å². The molecule has 5 heteroatoms. The summed E-state index contributed by atoms with van der Waals surface area (Å²) in [5.74, 6) is 1.37. The van der Waals surface area contributed by atoms with Gasteiger partial charge in [0.15, 0.2) is 0 Å². The molecular formula is C18H15N3O2. The second-order valence-corrected chi connectivity index (χ2v) is 5.82. The Morgan fingerprint density at radius 1 is 1.09 bits per heavy atom. The third kappa shape index (κ3) is 2.73. The van der Waals surface area contributed by atoms with Crippen LogP contribution in [0.3, 0.4) is 0 Å². The number of non-ortho nitro benzene ring substituents is 1. The van der Waals surface area contributed by atoms with Crippen molar-refractivity contribution in [1.29, 1.82) is 0 Å². The fraction of sp³-hybridized carbons (Fsp3) is 0.167. The number of benzene rings is 2. The summed E-state index contributed by atoms with van der Waals surface area (Å²) in [6.45, 7) is 0. The Labute approximate surface area is 133 Å². The summed E-state index contributed by atoms with van der Waals surface area (Å²) in [6.07, 6.45) is 2.39. The molecule has 0 spiro atoms. The first-order valence-electron chi connectivity index (χ1n) is 7.62. The Morgan fingerprint density at radius 2 is 1.83 bits per heavy atom. The van der Waals surface area contributed by atoms with Crippen LogP contribution in [0.2, 0.25) is 0 Å². The van der Waals surface area contributed by atoms with E-state index in [0.717, 1.165) is 28.0 Å². The number of nitro groups is 1. The number of fused-ring (bicyclic) bond motifs is 1. The molecule has 1 aliphatic rings. The lowest BCUT2D eigenvalue weighted by atomic mass is 10.1. The lowest BCUT2D eigenvalue weighted by Gasteiger charge is -2.11. The van der Waals surface area contributed by atoms with Crippen molar-refractivity contribution in [3.8, 4) is 0 Å². The standard InChI is InChI=1S/C18H15N3O2/c22-21(23)15-9-7-14(8-10-15)19-18-16-4-2-1-3-13(16)11-17(20-18)12-5-6-12/h1-4,7-12H,5-6H2,(H,19,20). The van der Waals surface area contributed by atoms with E-state index in [1.807, 2.05) is 18.2 Å². The van der Waals surface area contributed by atoms with E-state index >= 15 is 0 Å². The number of nitrogens with zero attached hydrogens (tertiary/aromatic N) is 2. The van der Waals surface area contributed by atoms with Crippen LogP contribution in [-0.2, 0) is 0 Å². The second-order valence-electron chi connectivity index (χ2n) is 5.82. The number of hydrogen-bond acceptors (Lipinski definition) is 4. The molecule has 114 valence electrons. The fourth-order valence-electron chi connectivity index (χ4n) is 2.71. The number of nitrogens with one attached hydrogen (secondary N) is 1. The molecule has 0 aliphatic heterocycles. The minimum atomic E-state index is -0.398. The summed E-state index contributed by atoms with van der Waals surface area (Å²) in [7, 11) is 0. The van der Waals surface area contributed by atoms with Crippen molar-refractivity contribution in [2.45, 2.75) is 18.8 Å². The highest BCUT2D eigenvalue weighted by Gasteiger charge is 2.26. The van der Waals surface area contributed by atoms with E-state index in [1.54, 1.807) is 12.1 Å². The molecule has 23 heavy (non-hydrogen) atoms. The van der Waals surface area contributed by atoms with Crippen molar-refractivity contribution in [2.24, 2.45) is 0 Å². The van der Waals surface area contributed by atoms with Crippen molar-refractivity contribution < 1.29 is 4.92 Å². The van der Waals surface area contributed by atoms with Crippen LogP contribution < -0.4 is 5.32 Å². The van der Waals surface area contributed by atoms with Crippen molar-refractivity contribution in [1.82, 2.24) is 4.98 Å². The number of anilines is 2. The largest absolute Gasteiger partial charge is 0.340 e. The van der Waals surface area contributed by atoms with Crippen LogP contribution in [0.25, 0.3) is 10.8 Å². The van der Waals surface area contributed by atoms with E-state index in [1.165, 1.54) is 25.0 Å². The number of hydrogen-bond donors (Lipinski definition) is 1. The van der Waals surface area contributed by atoms with Crippen LogP contribution in [0.5, 0.6) is 0 Å². The molecule has 1 saturated carbocycles. The quantitative estimate of drug-likeness (QED) is 0.557. The topological polar surface area (TPSA) is 68.1 Å². The molecule has 0 amide bonds. The van der Waals surface area contributed by atoms with E-state index in [2.05, 4.69) is 17.4 Å². The highest BCUT2D eigenvalue weighted by molar-refractivity contribution is 5.93. The molecule has 5 nitrogen and oxygen atoms in total. The molecule has 1 fully saturated rings. The molecule has 1 aromatic heterocycles. The van der Waals surface area contributed by atoms with Gasteiger partial charge in [0.2, 0.25) is 0 Å². The zero-order chi connectivity index (χ0) is 15.8. The van der Waals surface area contributed by atoms with Crippen LogP contribution >= 0.6 is 0 Å². The molecule has 0 saturated heterocycles. The Morgan fingerprint density at radius 3 is 2.52 bits per heavy atom. The number of aromatic nitrogens is 1. The van der Waals surface area contributed by atoms with E-state index in [4.69, 9.17) is 4.98 Å². The third-order valence-electron chi connectivity index (χ3n) is 4.10. The van der Waals surface area contributed by atoms with E-state index < -0.39 is 4.92 Å². The zero-order valence-electron chi connectivity index (χ0n) is 12.4. The first-order valence-corrected chi connectivity index (χ1v) is 7.62. The van der Waals surface area contributed by atoms with Crippen LogP contribution in [0, 0.1) is 10.1 Å². The van der Waals surface area contributed by atoms with Gasteiger partial charge in [-0.3, -0.25) is 10.1 Å². The lowest BCUT2D eigenvalue weighted by Crippen LogP contribution is -1.98. The molecule has 3 aromatic rings. The summed E-state index contributed by atoms with van der Waals surface area (Å²) in [6, 6.07) is 16.7. The van der Waals surface area contributed by atoms with Gasteiger partial charge in [0.25, 0.3) is 5.69 Å². The summed E-state index contributed by atoms with van der Waals surface area (Å²) in [5, 5.41) is 16.3. The lowest BCUT2D eigenvalue weighted by molar-refractivity contribution is -0.384. The Hall–Kier alpha value is -2.95. The number of rotatable bonds is 4. The van der Waals surface area contributed by atoms with E-state index in [9.17, 15) is 10.1 Å². The summed E-state index contributed by atoms with van der Waals surface area (Å²) >= 11 is 0. The van der Waals surface area contributed by atoms with Crippen LogP contribution in [0.4, 0.5) is 17.2 Å². The summed E-state index contributed by atoms with van der Waals surface area (Å²) in [5.41, 5.74) is 1.99. The summed E-state index contributed by atoms with van der Waals surface area (Å²) < 4.78 is 0. The van der Waals surface area contributed by atoms with Gasteiger partial charge in [0.05, 0.1) is 4.92 Å². The Bertz CT molecular complexity index is 886. The molecule has 2 aromatic carbocycles. The van der Waals surface area contributed by atoms with Gasteiger partial charge in [0.1, 0.15) is 5.82 Å². The minimum Gasteiger partial charge on any atom is -0.340 e. The van der Waals surface area contributed by atoms with Crippen LogP contribution in [0.15, 0.2) is 54.6 Å².